The molecule has 0 bridgehead atoms. The first-order valence-electron chi connectivity index (χ1n) is 42.1. The fourth-order valence-corrected chi connectivity index (χ4v) is 14.1. The molecule has 0 aromatic carbocycles. The summed E-state index contributed by atoms with van der Waals surface area (Å²) in [6.07, 6.45) is 40.5. The minimum absolute atomic E-state index is 0.137. The topological polar surface area (TPSA) is 306 Å². The molecule has 0 aliphatic carbocycles. The Hall–Kier alpha value is -3.96. The number of aliphatic carboxylic acids is 1. The standard InChI is InChI=1S/C81H151N3O18S/c1-7-13-19-25-31-34-40-43-49-55-66(98-74(89)58-52-46-37-28-22-16-10-4)61-71(86)82-69(80(92)93)65-97-81-78(84-73(88)63-68(57-51-45-42-36-33-27-21-15-9-3)100-76(91)60-54-48-39-30-24-18-12-6)77(79(70(64-85)101-81)102-103(94,95)96)83-72(87)62-67(56-50-44-41-35-32-26-20-14-8-2)99-75(90)59-53-47-38-29-23-17-11-5/h66-70,77-79,81,85H,7-65H2,1-6H3,(H,82,86)(H,83,87)(H,84,88)(H,92,93)(H,94,95,96)/t66-,67-,68-,69+,70?,77-,78?,79-,81-/m1/s1. The summed E-state index contributed by atoms with van der Waals surface area (Å²) in [6.45, 7) is 11.1. The van der Waals surface area contributed by atoms with Crippen molar-refractivity contribution in [3.05, 3.63) is 0 Å². The van der Waals surface area contributed by atoms with Gasteiger partial charge in [-0.3, -0.25) is 33.3 Å². The first kappa shape index (κ1) is 97.1. The van der Waals surface area contributed by atoms with Gasteiger partial charge in [0.1, 0.15) is 36.6 Å². The van der Waals surface area contributed by atoms with Gasteiger partial charge in [-0.05, 0) is 57.8 Å². The van der Waals surface area contributed by atoms with Crippen LogP contribution < -0.4 is 16.0 Å². The van der Waals surface area contributed by atoms with Crippen molar-refractivity contribution in [1.29, 1.82) is 0 Å². The fraction of sp³-hybridized carbons (Fsp3) is 0.914. The number of nitrogens with one attached hydrogen (secondary N) is 3. The number of unbranched alkanes of at least 4 members (excludes halogenated alkanes) is 42. The Bertz CT molecular complexity index is 2240. The molecule has 0 saturated carbocycles. The zero-order chi connectivity index (χ0) is 75.8. The monoisotopic (exact) mass is 1490 g/mol. The maximum atomic E-state index is 14.8. The lowest BCUT2D eigenvalue weighted by Crippen LogP contribution is -2.70. The van der Waals surface area contributed by atoms with Gasteiger partial charge in [0, 0.05) is 19.3 Å². The Morgan fingerprint density at radius 2 is 0.660 bits per heavy atom. The second kappa shape index (κ2) is 66.3. The third-order valence-electron chi connectivity index (χ3n) is 19.8. The Morgan fingerprint density at radius 3 is 0.942 bits per heavy atom. The molecule has 1 aliphatic rings. The number of hydrogen-bond acceptors (Lipinski definition) is 16. The van der Waals surface area contributed by atoms with Crippen LogP contribution in [0.25, 0.3) is 0 Å². The largest absolute Gasteiger partial charge is 0.480 e. The molecule has 22 heteroatoms. The highest BCUT2D eigenvalue weighted by molar-refractivity contribution is 7.80. The molecule has 1 rings (SSSR count). The molecular weight excluding hydrogens is 1330 g/mol. The second-order valence-corrected chi connectivity index (χ2v) is 30.7. The number of carboxylic acids is 1. The molecule has 604 valence electrons. The molecule has 1 aliphatic heterocycles. The van der Waals surface area contributed by atoms with Crippen LogP contribution in [0.1, 0.15) is 408 Å². The van der Waals surface area contributed by atoms with Gasteiger partial charge in [0.25, 0.3) is 0 Å². The van der Waals surface area contributed by atoms with Crippen LogP contribution in [0.15, 0.2) is 0 Å². The van der Waals surface area contributed by atoms with Crippen LogP contribution in [0.2, 0.25) is 0 Å². The summed E-state index contributed by atoms with van der Waals surface area (Å²) in [5.41, 5.74) is 0. The van der Waals surface area contributed by atoms with E-state index in [9.17, 15) is 56.7 Å². The van der Waals surface area contributed by atoms with Gasteiger partial charge in [-0.15, -0.1) is 0 Å². The van der Waals surface area contributed by atoms with E-state index in [1.807, 2.05) is 0 Å². The van der Waals surface area contributed by atoms with E-state index in [0.717, 1.165) is 225 Å². The summed E-state index contributed by atoms with van der Waals surface area (Å²) in [5.74, 6) is -5.25. The normalized spacial score (nSPS) is 17.3. The summed E-state index contributed by atoms with van der Waals surface area (Å²) in [6, 6.07) is -5.26. The van der Waals surface area contributed by atoms with Crippen molar-refractivity contribution in [2.45, 2.75) is 462 Å². The lowest BCUT2D eigenvalue weighted by atomic mass is 9.93. The molecule has 1 saturated heterocycles. The minimum Gasteiger partial charge on any atom is -0.480 e. The minimum atomic E-state index is -5.43. The van der Waals surface area contributed by atoms with Crippen LogP contribution >= 0.6 is 0 Å². The number of amides is 3. The molecule has 103 heavy (non-hydrogen) atoms. The first-order valence-corrected chi connectivity index (χ1v) is 43.4. The van der Waals surface area contributed by atoms with E-state index in [1.165, 1.54) is 44.9 Å². The van der Waals surface area contributed by atoms with E-state index in [2.05, 4.69) is 57.5 Å². The molecule has 2 unspecified atom stereocenters. The first-order chi connectivity index (χ1) is 49.8. The van der Waals surface area contributed by atoms with Crippen LogP contribution in [0.3, 0.4) is 0 Å². The maximum absolute atomic E-state index is 14.8. The summed E-state index contributed by atoms with van der Waals surface area (Å²) < 4.78 is 71.8. The number of esters is 3. The Kier molecular flexibility index (Phi) is 62.4. The predicted octanol–water partition coefficient (Wildman–Crippen LogP) is 18.5. The van der Waals surface area contributed by atoms with Crippen LogP contribution in [-0.4, -0.2) is 133 Å². The predicted molar refractivity (Wildman–Crippen MR) is 408 cm³/mol. The lowest BCUT2D eigenvalue weighted by Gasteiger charge is -2.46. The van der Waals surface area contributed by atoms with Crippen molar-refractivity contribution in [2.75, 3.05) is 13.2 Å². The van der Waals surface area contributed by atoms with Crippen molar-refractivity contribution >= 4 is 52.0 Å². The summed E-state index contributed by atoms with van der Waals surface area (Å²) >= 11 is 0. The lowest BCUT2D eigenvalue weighted by molar-refractivity contribution is -0.247. The van der Waals surface area contributed by atoms with Crippen molar-refractivity contribution in [2.24, 2.45) is 0 Å². The van der Waals surface area contributed by atoms with Gasteiger partial charge < -0.3 is 49.8 Å². The van der Waals surface area contributed by atoms with Crippen molar-refractivity contribution in [3.63, 3.8) is 0 Å². The molecule has 21 nitrogen and oxygen atoms in total. The Morgan fingerprint density at radius 1 is 0.388 bits per heavy atom. The molecule has 0 spiro atoms. The van der Waals surface area contributed by atoms with Gasteiger partial charge >= 0.3 is 34.3 Å². The van der Waals surface area contributed by atoms with E-state index in [-0.39, 0.29) is 25.7 Å². The third-order valence-corrected chi connectivity index (χ3v) is 20.3. The number of carboxylic acid groups (broad SMARTS) is 1. The molecule has 6 N–H and O–H groups in total. The molecule has 9 atom stereocenters. The number of ether oxygens (including phenoxy) is 5. The molecule has 0 aromatic heterocycles. The summed E-state index contributed by atoms with van der Waals surface area (Å²) in [7, 11) is -5.43. The van der Waals surface area contributed by atoms with Gasteiger partial charge in [-0.2, -0.15) is 8.42 Å². The third kappa shape index (κ3) is 55.2. The number of carbonyl (C=O) groups excluding carboxylic acids is 6. The van der Waals surface area contributed by atoms with Crippen LogP contribution in [0.4, 0.5) is 0 Å². The highest BCUT2D eigenvalue weighted by Crippen LogP contribution is 2.29. The van der Waals surface area contributed by atoms with E-state index in [4.69, 9.17) is 27.9 Å². The average molecular weight is 1490 g/mol. The number of carbonyl (C=O) groups is 7. The highest BCUT2D eigenvalue weighted by Gasteiger charge is 2.51. The average Bonchev–Trinajstić information content (AvgIpc) is 0.780. The van der Waals surface area contributed by atoms with Crippen molar-refractivity contribution < 1.29 is 84.6 Å². The fourth-order valence-electron chi connectivity index (χ4n) is 13.6. The molecule has 1 heterocycles. The van der Waals surface area contributed by atoms with Gasteiger partial charge in [0.15, 0.2) is 12.3 Å². The Labute approximate surface area is 625 Å². The quantitative estimate of drug-likeness (QED) is 0.0143. The van der Waals surface area contributed by atoms with E-state index in [0.29, 0.717) is 57.8 Å². The van der Waals surface area contributed by atoms with Crippen LogP contribution in [0, 0.1) is 0 Å². The van der Waals surface area contributed by atoms with Gasteiger partial charge in [-0.1, -0.05) is 311 Å². The maximum Gasteiger partial charge on any atom is 0.397 e. The summed E-state index contributed by atoms with van der Waals surface area (Å²) in [5, 5.41) is 29.8. The van der Waals surface area contributed by atoms with Gasteiger partial charge in [0.05, 0.1) is 38.5 Å². The van der Waals surface area contributed by atoms with Crippen LogP contribution in [-0.2, 0) is 71.8 Å². The van der Waals surface area contributed by atoms with Gasteiger partial charge in [0.2, 0.25) is 17.7 Å². The number of aliphatic hydroxyl groups excluding tert-OH is 1. The highest BCUT2D eigenvalue weighted by atomic mass is 32.3. The van der Waals surface area contributed by atoms with Crippen molar-refractivity contribution in [1.82, 2.24) is 16.0 Å². The zero-order valence-corrected chi connectivity index (χ0v) is 66.6. The van der Waals surface area contributed by atoms with Crippen LogP contribution in [0.5, 0.6) is 0 Å². The molecule has 1 fully saturated rings. The van der Waals surface area contributed by atoms with Crippen molar-refractivity contribution in [3.8, 4) is 0 Å². The smallest absolute Gasteiger partial charge is 0.397 e. The molecule has 0 radical (unpaired) electrons. The molecule has 3 amide bonds. The number of rotatable bonds is 73. The SMILES string of the molecule is CCCCCCCCCCC[C@H](CC(=O)NC1[C@H](OC[C@H](NC(=O)C[C@@H](CCCCCCCCCCC)OC(=O)CCCCCCCCC)C(=O)O)OC(CO)[C@@H](OS(=O)(=O)O)[C@@H]1NC(=O)C[C@@H](CCCCCCCCCCC)OC(=O)CCCCCCCCC)OC(=O)CCCCCCCCC. The number of aliphatic hydroxyl groups is 1. The van der Waals surface area contributed by atoms with E-state index >= 15 is 0 Å². The number of hydrogen-bond donors (Lipinski definition) is 6. The summed E-state index contributed by atoms with van der Waals surface area (Å²) in [4.78, 5) is 97.4. The zero-order valence-electron chi connectivity index (χ0n) is 65.8. The molecule has 0 aromatic rings. The van der Waals surface area contributed by atoms with E-state index < -0.39 is 133 Å². The second-order valence-electron chi connectivity index (χ2n) is 29.6. The van der Waals surface area contributed by atoms with E-state index in [1.54, 1.807) is 0 Å². The Balaban J connectivity index is 3.86. The van der Waals surface area contributed by atoms with Gasteiger partial charge in [-0.25, -0.2) is 8.98 Å². The molecular formula is C81H151N3O18S.